The Morgan fingerprint density at radius 2 is 1.81 bits per heavy atom. The van der Waals surface area contributed by atoms with Crippen molar-refractivity contribution in [3.8, 4) is 0 Å². The van der Waals surface area contributed by atoms with Crippen LogP contribution in [0.5, 0.6) is 0 Å². The number of hydrogen-bond donors (Lipinski definition) is 2. The van der Waals surface area contributed by atoms with Crippen LogP contribution >= 0.6 is 0 Å². The van der Waals surface area contributed by atoms with E-state index in [4.69, 9.17) is 5.73 Å². The van der Waals surface area contributed by atoms with Gasteiger partial charge in [-0.1, -0.05) is 38.1 Å². The Labute approximate surface area is 163 Å². The van der Waals surface area contributed by atoms with E-state index in [0.29, 0.717) is 18.8 Å². The highest BCUT2D eigenvalue weighted by Gasteiger charge is 2.19. The fourth-order valence-electron chi connectivity index (χ4n) is 3.23. The van der Waals surface area contributed by atoms with Crippen LogP contribution < -0.4 is 5.73 Å². The van der Waals surface area contributed by atoms with Crippen LogP contribution in [0.15, 0.2) is 36.4 Å². The highest BCUT2D eigenvalue weighted by molar-refractivity contribution is 5.94. The molecule has 1 heterocycles. The molecule has 0 spiro atoms. The van der Waals surface area contributed by atoms with Gasteiger partial charge in [0.1, 0.15) is 0 Å². The van der Waals surface area contributed by atoms with E-state index in [1.807, 2.05) is 30.7 Å². The smallest absolute Gasteiger partial charge is 0.179 e. The number of aromatic nitrogens is 1. The summed E-state index contributed by atoms with van der Waals surface area (Å²) in [6.45, 7) is 6.19. The topological polar surface area (TPSA) is 68.2 Å². The third-order valence-electron chi connectivity index (χ3n) is 5.34. The summed E-state index contributed by atoms with van der Waals surface area (Å²) in [4.78, 5) is 12.6. The number of ketones is 1. The van der Waals surface area contributed by atoms with Gasteiger partial charge >= 0.3 is 0 Å². The standard InChI is InChI=1S/C23H34N2O2/c1-17(2)19-10-8-18(9-11-19)6-5-7-22(27)21-13-12-20(25(21)4)14-15-23(3,24)16-26/h8-13,17,26H,5-7,14-16,24H2,1-4H3/t23-/m1/s1. The minimum absolute atomic E-state index is 0.0403. The molecule has 148 valence electrons. The van der Waals surface area contributed by atoms with E-state index in [1.165, 1.54) is 11.1 Å². The molecule has 0 saturated carbocycles. The number of Topliss-reactive ketones (excluding diaryl/α,β-unsaturated/α-hetero) is 1. The Kier molecular flexibility index (Phi) is 7.40. The number of nitrogens with zero attached hydrogens (tertiary/aromatic N) is 1. The van der Waals surface area contributed by atoms with Crippen molar-refractivity contribution < 1.29 is 9.90 Å². The summed E-state index contributed by atoms with van der Waals surface area (Å²) < 4.78 is 1.97. The van der Waals surface area contributed by atoms with Crippen molar-refractivity contribution in [1.29, 1.82) is 0 Å². The molecule has 3 N–H and O–H groups in total. The van der Waals surface area contributed by atoms with Gasteiger partial charge in [-0.05, 0) is 61.8 Å². The first kappa shape index (κ1) is 21.4. The molecule has 0 radical (unpaired) electrons. The molecule has 0 aliphatic carbocycles. The lowest BCUT2D eigenvalue weighted by molar-refractivity contribution is 0.0972. The average Bonchev–Trinajstić information content (AvgIpc) is 3.01. The van der Waals surface area contributed by atoms with Gasteiger partial charge < -0.3 is 15.4 Å². The predicted molar refractivity (Wildman–Crippen MR) is 111 cm³/mol. The SMILES string of the molecule is CC(C)c1ccc(CCCC(=O)c2ccc(CC[C@@](C)(N)CO)n2C)cc1. The van der Waals surface area contributed by atoms with E-state index in [0.717, 1.165) is 30.7 Å². The first-order chi connectivity index (χ1) is 12.7. The Balaban J connectivity index is 1.87. The fourth-order valence-corrected chi connectivity index (χ4v) is 3.23. The number of aryl methyl sites for hydroxylation is 2. The minimum atomic E-state index is -0.584. The van der Waals surface area contributed by atoms with Gasteiger partial charge in [0.15, 0.2) is 5.78 Å². The normalized spacial score (nSPS) is 13.7. The number of hydrogen-bond acceptors (Lipinski definition) is 3. The maximum atomic E-state index is 12.6. The molecule has 1 aromatic heterocycles. The highest BCUT2D eigenvalue weighted by atomic mass is 16.3. The third kappa shape index (κ3) is 6.05. The van der Waals surface area contributed by atoms with Crippen LogP contribution in [0.3, 0.4) is 0 Å². The number of benzene rings is 1. The average molecular weight is 371 g/mol. The predicted octanol–water partition coefficient (Wildman–Crippen LogP) is 4.00. The fraction of sp³-hybridized carbons (Fsp3) is 0.522. The summed E-state index contributed by atoms with van der Waals surface area (Å²) in [7, 11) is 1.93. The minimum Gasteiger partial charge on any atom is -0.394 e. The summed E-state index contributed by atoms with van der Waals surface area (Å²) in [6.07, 6.45) is 3.75. The van der Waals surface area contributed by atoms with Crippen LogP contribution in [0, 0.1) is 0 Å². The molecule has 0 aliphatic rings. The number of carbonyl (C=O) groups is 1. The summed E-state index contributed by atoms with van der Waals surface area (Å²) in [6, 6.07) is 12.6. The van der Waals surface area contributed by atoms with Crippen LogP contribution in [0.2, 0.25) is 0 Å². The lowest BCUT2D eigenvalue weighted by atomic mass is 9.97. The molecule has 0 amide bonds. The molecule has 0 aliphatic heterocycles. The molecular weight excluding hydrogens is 336 g/mol. The number of rotatable bonds is 10. The Hall–Kier alpha value is -1.91. The van der Waals surface area contributed by atoms with Crippen LogP contribution in [-0.2, 0) is 19.9 Å². The van der Waals surface area contributed by atoms with E-state index in [9.17, 15) is 9.90 Å². The maximum Gasteiger partial charge on any atom is 0.179 e. The quantitative estimate of drug-likeness (QED) is 0.621. The summed E-state index contributed by atoms with van der Waals surface area (Å²) in [5.74, 6) is 0.724. The Bertz CT molecular complexity index is 742. The lowest BCUT2D eigenvalue weighted by Crippen LogP contribution is -2.40. The summed E-state index contributed by atoms with van der Waals surface area (Å²) in [5.41, 5.74) is 9.88. The molecule has 0 saturated heterocycles. The van der Waals surface area contributed by atoms with Crippen LogP contribution in [0.4, 0.5) is 0 Å². The summed E-state index contributed by atoms with van der Waals surface area (Å²) >= 11 is 0. The second kappa shape index (κ2) is 9.34. The monoisotopic (exact) mass is 370 g/mol. The van der Waals surface area contributed by atoms with Crippen LogP contribution in [0.25, 0.3) is 0 Å². The van der Waals surface area contributed by atoms with Crippen LogP contribution in [0.1, 0.15) is 73.3 Å². The van der Waals surface area contributed by atoms with Crippen molar-refractivity contribution in [2.45, 2.75) is 64.3 Å². The molecule has 0 fully saturated rings. The van der Waals surface area contributed by atoms with E-state index in [1.54, 1.807) is 0 Å². The van der Waals surface area contributed by atoms with Gasteiger partial charge in [-0.15, -0.1) is 0 Å². The number of carbonyl (C=O) groups excluding carboxylic acids is 1. The zero-order valence-electron chi connectivity index (χ0n) is 17.2. The Morgan fingerprint density at radius 3 is 2.41 bits per heavy atom. The molecule has 4 nitrogen and oxygen atoms in total. The molecular formula is C23H34N2O2. The molecule has 0 bridgehead atoms. The lowest BCUT2D eigenvalue weighted by Gasteiger charge is -2.21. The molecule has 1 atom stereocenters. The van der Waals surface area contributed by atoms with Gasteiger partial charge in [0.25, 0.3) is 0 Å². The number of aliphatic hydroxyl groups is 1. The first-order valence-corrected chi connectivity index (χ1v) is 9.90. The highest BCUT2D eigenvalue weighted by Crippen LogP contribution is 2.18. The molecule has 0 unspecified atom stereocenters. The van der Waals surface area contributed by atoms with Gasteiger partial charge in [0, 0.05) is 24.7 Å². The van der Waals surface area contributed by atoms with E-state index < -0.39 is 5.54 Å². The summed E-state index contributed by atoms with van der Waals surface area (Å²) in [5, 5.41) is 9.28. The largest absolute Gasteiger partial charge is 0.394 e. The molecule has 1 aromatic carbocycles. The molecule has 2 aromatic rings. The first-order valence-electron chi connectivity index (χ1n) is 9.90. The second-order valence-electron chi connectivity index (χ2n) is 8.25. The Morgan fingerprint density at radius 1 is 1.15 bits per heavy atom. The van der Waals surface area contributed by atoms with Gasteiger partial charge in [-0.2, -0.15) is 0 Å². The van der Waals surface area contributed by atoms with Gasteiger partial charge in [0.2, 0.25) is 0 Å². The number of nitrogens with two attached hydrogens (primary N) is 1. The zero-order valence-corrected chi connectivity index (χ0v) is 17.2. The third-order valence-corrected chi connectivity index (χ3v) is 5.34. The van der Waals surface area contributed by atoms with E-state index in [-0.39, 0.29) is 12.4 Å². The molecule has 27 heavy (non-hydrogen) atoms. The van der Waals surface area contributed by atoms with Gasteiger partial charge in [-0.3, -0.25) is 4.79 Å². The van der Waals surface area contributed by atoms with Gasteiger partial charge in [0.05, 0.1) is 12.3 Å². The molecule has 4 heteroatoms. The zero-order chi connectivity index (χ0) is 20.0. The second-order valence-corrected chi connectivity index (χ2v) is 8.25. The van der Waals surface area contributed by atoms with Crippen molar-refractivity contribution >= 4 is 5.78 Å². The van der Waals surface area contributed by atoms with Crippen molar-refractivity contribution in [1.82, 2.24) is 4.57 Å². The van der Waals surface area contributed by atoms with Crippen LogP contribution in [-0.4, -0.2) is 27.6 Å². The maximum absolute atomic E-state index is 12.6. The van der Waals surface area contributed by atoms with Crippen molar-refractivity contribution in [2.24, 2.45) is 12.8 Å². The number of aliphatic hydroxyl groups excluding tert-OH is 1. The van der Waals surface area contributed by atoms with Crippen molar-refractivity contribution in [2.75, 3.05) is 6.61 Å². The molecule has 2 rings (SSSR count). The van der Waals surface area contributed by atoms with E-state index in [2.05, 4.69) is 38.1 Å². The van der Waals surface area contributed by atoms with Gasteiger partial charge in [-0.25, -0.2) is 0 Å². The van der Waals surface area contributed by atoms with Crippen molar-refractivity contribution in [3.05, 3.63) is 58.9 Å². The van der Waals surface area contributed by atoms with Crippen molar-refractivity contribution in [3.63, 3.8) is 0 Å². The van der Waals surface area contributed by atoms with E-state index >= 15 is 0 Å².